The number of phenols is 1. The molecule has 7 nitrogen and oxygen atoms in total. The summed E-state index contributed by atoms with van der Waals surface area (Å²) in [6.07, 6.45) is 1.62. The van der Waals surface area contributed by atoms with Crippen molar-refractivity contribution >= 4 is 5.82 Å². The molecule has 1 aliphatic heterocycles. The number of methoxy groups -OCH3 is 1. The van der Waals surface area contributed by atoms with Crippen LogP contribution in [0.5, 0.6) is 11.5 Å². The van der Waals surface area contributed by atoms with Crippen LogP contribution in [0.25, 0.3) is 22.4 Å². The number of phenolic OH excluding ortho intramolecular Hbond substituents is 1. The Morgan fingerprint density at radius 3 is 2.36 bits per heavy atom. The van der Waals surface area contributed by atoms with E-state index in [1.54, 1.807) is 30.3 Å². The highest BCUT2D eigenvalue weighted by molar-refractivity contribution is 5.87. The van der Waals surface area contributed by atoms with Gasteiger partial charge in [-0.25, -0.2) is 9.37 Å². The molecule has 166 valence electrons. The van der Waals surface area contributed by atoms with E-state index in [0.29, 0.717) is 52.6 Å². The Morgan fingerprint density at radius 2 is 1.76 bits per heavy atom. The monoisotopic (exact) mass is 443 g/mol. The van der Waals surface area contributed by atoms with E-state index in [2.05, 4.69) is 11.0 Å². The Labute approximate surface area is 191 Å². The van der Waals surface area contributed by atoms with Crippen LogP contribution in [0.2, 0.25) is 0 Å². The summed E-state index contributed by atoms with van der Waals surface area (Å²) in [4.78, 5) is 6.91. The van der Waals surface area contributed by atoms with E-state index in [-0.39, 0.29) is 17.4 Å². The molecular weight excluding hydrogens is 421 g/mol. The van der Waals surface area contributed by atoms with Gasteiger partial charge in [0.05, 0.1) is 30.0 Å². The lowest BCUT2D eigenvalue weighted by Crippen LogP contribution is -2.40. The van der Waals surface area contributed by atoms with Crippen LogP contribution >= 0.6 is 0 Å². The zero-order valence-corrected chi connectivity index (χ0v) is 18.0. The minimum atomic E-state index is -0.684. The van der Waals surface area contributed by atoms with Crippen molar-refractivity contribution in [3.8, 4) is 46.0 Å². The fraction of sp³-hybridized carbons (Fsp3) is 0.240. The third kappa shape index (κ3) is 4.30. The van der Waals surface area contributed by atoms with Crippen molar-refractivity contribution in [1.29, 1.82) is 10.5 Å². The molecule has 1 aliphatic rings. The standard InChI is InChI=1S/C25H22FN5O2/c1-33-22-5-4-16(11-21(22)32)25-24(15-2-3-17(13-27)20(26)10-15)18(14-28)12-23(30-25)31-8-6-19(29)7-9-31/h2-5,10-12,19,32H,6-9,29H2,1H3. The van der Waals surface area contributed by atoms with E-state index in [0.717, 1.165) is 12.8 Å². The van der Waals surface area contributed by atoms with Gasteiger partial charge in [0, 0.05) is 30.3 Å². The van der Waals surface area contributed by atoms with Crippen molar-refractivity contribution in [1.82, 2.24) is 4.98 Å². The number of piperidine rings is 1. The summed E-state index contributed by atoms with van der Waals surface area (Å²) in [7, 11) is 1.45. The van der Waals surface area contributed by atoms with Crippen LogP contribution in [-0.4, -0.2) is 36.3 Å². The molecule has 3 aromatic rings. The van der Waals surface area contributed by atoms with Crippen molar-refractivity contribution in [2.75, 3.05) is 25.1 Å². The molecule has 0 radical (unpaired) electrons. The number of nitriles is 2. The van der Waals surface area contributed by atoms with Gasteiger partial charge in [-0.1, -0.05) is 6.07 Å². The molecule has 1 aromatic heterocycles. The molecule has 4 rings (SSSR count). The maximum atomic E-state index is 14.5. The molecule has 3 N–H and O–H groups in total. The molecule has 8 heteroatoms. The zero-order chi connectivity index (χ0) is 23.5. The number of ether oxygens (including phenoxy) is 1. The van der Waals surface area contributed by atoms with E-state index in [1.165, 1.54) is 25.3 Å². The highest BCUT2D eigenvalue weighted by Gasteiger charge is 2.23. The third-order valence-electron chi connectivity index (χ3n) is 5.82. The third-order valence-corrected chi connectivity index (χ3v) is 5.82. The number of hydrogen-bond acceptors (Lipinski definition) is 7. The molecule has 2 aromatic carbocycles. The number of benzene rings is 2. The summed E-state index contributed by atoms with van der Waals surface area (Å²) < 4.78 is 19.6. The molecule has 0 spiro atoms. The van der Waals surface area contributed by atoms with E-state index in [4.69, 9.17) is 20.7 Å². The minimum absolute atomic E-state index is 0.0818. The summed E-state index contributed by atoms with van der Waals surface area (Å²) in [5, 5.41) is 29.4. The first-order valence-electron chi connectivity index (χ1n) is 10.5. The van der Waals surface area contributed by atoms with Gasteiger partial charge in [0.1, 0.15) is 17.7 Å². The van der Waals surface area contributed by atoms with Gasteiger partial charge in [-0.15, -0.1) is 0 Å². The summed E-state index contributed by atoms with van der Waals surface area (Å²) in [5.74, 6) is 0.145. The van der Waals surface area contributed by atoms with Crippen molar-refractivity contribution in [3.05, 3.63) is 59.4 Å². The second kappa shape index (κ2) is 9.15. The van der Waals surface area contributed by atoms with E-state index in [9.17, 15) is 14.8 Å². The number of halogens is 1. The van der Waals surface area contributed by atoms with Crippen LogP contribution in [0, 0.1) is 28.5 Å². The Balaban J connectivity index is 1.94. The molecule has 0 unspecified atom stereocenters. The quantitative estimate of drug-likeness (QED) is 0.627. The Morgan fingerprint density at radius 1 is 1.06 bits per heavy atom. The number of nitrogens with two attached hydrogens (primary N) is 1. The van der Waals surface area contributed by atoms with Crippen LogP contribution in [0.3, 0.4) is 0 Å². The maximum Gasteiger partial charge on any atom is 0.160 e. The number of aromatic hydroxyl groups is 1. The molecule has 2 heterocycles. The average molecular weight is 443 g/mol. The largest absolute Gasteiger partial charge is 0.504 e. The molecule has 0 amide bonds. The summed E-state index contributed by atoms with van der Waals surface area (Å²) in [5.41, 5.74) is 8.05. The van der Waals surface area contributed by atoms with E-state index < -0.39 is 5.82 Å². The topological polar surface area (TPSA) is 119 Å². The molecule has 1 fully saturated rings. The van der Waals surface area contributed by atoms with Crippen LogP contribution in [0.4, 0.5) is 10.2 Å². The number of pyridine rings is 1. The van der Waals surface area contributed by atoms with Gasteiger partial charge in [0.25, 0.3) is 0 Å². The smallest absolute Gasteiger partial charge is 0.160 e. The zero-order valence-electron chi connectivity index (χ0n) is 18.0. The van der Waals surface area contributed by atoms with Crippen molar-refractivity contribution < 1.29 is 14.2 Å². The van der Waals surface area contributed by atoms with E-state index >= 15 is 0 Å². The number of rotatable bonds is 4. The molecule has 33 heavy (non-hydrogen) atoms. The van der Waals surface area contributed by atoms with E-state index in [1.807, 2.05) is 0 Å². The SMILES string of the molecule is COc1ccc(-c2nc(N3CCC(N)CC3)cc(C#N)c2-c2ccc(C#N)c(F)c2)cc1O. The molecule has 0 saturated carbocycles. The highest BCUT2D eigenvalue weighted by Crippen LogP contribution is 2.39. The second-order valence-corrected chi connectivity index (χ2v) is 7.88. The lowest BCUT2D eigenvalue weighted by Gasteiger charge is -2.31. The first kappa shape index (κ1) is 22.1. The van der Waals surface area contributed by atoms with Gasteiger partial charge in [0.15, 0.2) is 11.5 Å². The summed E-state index contributed by atoms with van der Waals surface area (Å²) >= 11 is 0. The van der Waals surface area contributed by atoms with Crippen LogP contribution in [0.1, 0.15) is 24.0 Å². The molecule has 0 bridgehead atoms. The predicted octanol–water partition coefficient (Wildman–Crippen LogP) is 3.94. The minimum Gasteiger partial charge on any atom is -0.504 e. The lowest BCUT2D eigenvalue weighted by molar-refractivity contribution is 0.373. The first-order chi connectivity index (χ1) is 15.9. The number of aromatic nitrogens is 1. The molecule has 1 saturated heterocycles. The Bertz CT molecular complexity index is 1290. The van der Waals surface area contributed by atoms with Gasteiger partial charge in [-0.05, 0) is 54.8 Å². The number of hydrogen-bond donors (Lipinski definition) is 2. The number of anilines is 1. The van der Waals surface area contributed by atoms with Crippen molar-refractivity contribution in [2.24, 2.45) is 5.73 Å². The summed E-state index contributed by atoms with van der Waals surface area (Å²) in [6.45, 7) is 1.41. The molecule has 0 atom stereocenters. The number of nitrogens with zero attached hydrogens (tertiary/aromatic N) is 4. The fourth-order valence-electron chi connectivity index (χ4n) is 4.01. The fourth-order valence-corrected chi connectivity index (χ4v) is 4.01. The van der Waals surface area contributed by atoms with Crippen LogP contribution < -0.4 is 15.4 Å². The maximum absolute atomic E-state index is 14.5. The molecule has 0 aliphatic carbocycles. The highest BCUT2D eigenvalue weighted by atomic mass is 19.1. The van der Waals surface area contributed by atoms with Crippen LogP contribution in [0.15, 0.2) is 42.5 Å². The first-order valence-corrected chi connectivity index (χ1v) is 10.5. The average Bonchev–Trinajstić information content (AvgIpc) is 2.83. The van der Waals surface area contributed by atoms with Gasteiger partial charge in [-0.3, -0.25) is 0 Å². The van der Waals surface area contributed by atoms with Gasteiger partial charge in [0.2, 0.25) is 0 Å². The van der Waals surface area contributed by atoms with Gasteiger partial charge >= 0.3 is 0 Å². The summed E-state index contributed by atoms with van der Waals surface area (Å²) in [6, 6.07) is 14.9. The predicted molar refractivity (Wildman–Crippen MR) is 122 cm³/mol. The Kier molecular flexibility index (Phi) is 6.12. The Hall–Kier alpha value is -4.14. The lowest BCUT2D eigenvalue weighted by atomic mass is 9.93. The van der Waals surface area contributed by atoms with Gasteiger partial charge in [-0.2, -0.15) is 10.5 Å². The van der Waals surface area contributed by atoms with Crippen molar-refractivity contribution in [3.63, 3.8) is 0 Å². The molecular formula is C25H22FN5O2. The van der Waals surface area contributed by atoms with Crippen molar-refractivity contribution in [2.45, 2.75) is 18.9 Å². The second-order valence-electron chi connectivity index (χ2n) is 7.88. The van der Waals surface area contributed by atoms with Gasteiger partial charge < -0.3 is 20.5 Å². The van der Waals surface area contributed by atoms with Crippen LogP contribution in [-0.2, 0) is 0 Å². The normalized spacial score (nSPS) is 13.9.